The van der Waals surface area contributed by atoms with Crippen LogP contribution in [0.2, 0.25) is 0 Å². The lowest BCUT2D eigenvalue weighted by Gasteiger charge is -2.26. The monoisotopic (exact) mass is 218 g/mol. The summed E-state index contributed by atoms with van der Waals surface area (Å²) in [5.41, 5.74) is 1.12. The number of para-hydroxylation sites is 1. The van der Waals surface area contributed by atoms with Gasteiger partial charge in [0.25, 0.3) is 0 Å². The molecule has 3 heteroatoms. The molecule has 1 aromatic rings. The fourth-order valence-electron chi connectivity index (χ4n) is 1.99. The number of anilines is 1. The fourth-order valence-corrected chi connectivity index (χ4v) is 1.99. The van der Waals surface area contributed by atoms with Crippen molar-refractivity contribution in [3.63, 3.8) is 0 Å². The lowest BCUT2D eigenvalue weighted by molar-refractivity contribution is -0.133. The van der Waals surface area contributed by atoms with Crippen molar-refractivity contribution in [2.24, 2.45) is 0 Å². The van der Waals surface area contributed by atoms with Gasteiger partial charge in [-0.25, -0.2) is 0 Å². The lowest BCUT2D eigenvalue weighted by atomic mass is 10.1. The normalized spacial score (nSPS) is 16.2. The van der Waals surface area contributed by atoms with Gasteiger partial charge < -0.3 is 10.2 Å². The molecule has 0 aromatic heterocycles. The molecule has 1 fully saturated rings. The summed E-state index contributed by atoms with van der Waals surface area (Å²) >= 11 is 0. The smallest absolute Gasteiger partial charge is 0.222 e. The van der Waals surface area contributed by atoms with Crippen LogP contribution >= 0.6 is 0 Å². The summed E-state index contributed by atoms with van der Waals surface area (Å²) in [4.78, 5) is 13.5. The number of rotatable bonds is 4. The van der Waals surface area contributed by atoms with Crippen LogP contribution in [0.1, 0.15) is 19.3 Å². The van der Waals surface area contributed by atoms with E-state index in [0.29, 0.717) is 5.91 Å². The Hall–Kier alpha value is -1.51. The first-order chi connectivity index (χ1) is 7.86. The fraction of sp³-hybridized carbons (Fsp3) is 0.462. The van der Waals surface area contributed by atoms with Gasteiger partial charge in [0.2, 0.25) is 5.91 Å². The van der Waals surface area contributed by atoms with E-state index in [0.717, 1.165) is 44.6 Å². The van der Waals surface area contributed by atoms with Crippen LogP contribution in [-0.2, 0) is 4.79 Å². The number of hydrogen-bond acceptors (Lipinski definition) is 2. The SMILES string of the molecule is O=C1CCCCN1CCNc1ccccc1. The number of hydrogen-bond donors (Lipinski definition) is 1. The molecule has 0 spiro atoms. The van der Waals surface area contributed by atoms with Crippen molar-refractivity contribution in [3.05, 3.63) is 30.3 Å². The molecule has 2 rings (SSSR count). The molecule has 3 nitrogen and oxygen atoms in total. The third-order valence-corrected chi connectivity index (χ3v) is 2.91. The van der Waals surface area contributed by atoms with Crippen molar-refractivity contribution < 1.29 is 4.79 Å². The molecule has 0 aliphatic carbocycles. The summed E-state index contributed by atoms with van der Waals surface area (Å²) in [6.07, 6.45) is 2.93. The number of piperidine rings is 1. The summed E-state index contributed by atoms with van der Waals surface area (Å²) in [7, 11) is 0. The molecule has 0 bridgehead atoms. The molecule has 1 N–H and O–H groups in total. The Bertz CT molecular complexity index is 337. The van der Waals surface area contributed by atoms with Gasteiger partial charge in [0.1, 0.15) is 0 Å². The van der Waals surface area contributed by atoms with Crippen molar-refractivity contribution >= 4 is 11.6 Å². The summed E-state index contributed by atoms with van der Waals surface area (Å²) in [5, 5.41) is 3.32. The molecule has 1 aliphatic rings. The van der Waals surface area contributed by atoms with E-state index in [-0.39, 0.29) is 0 Å². The largest absolute Gasteiger partial charge is 0.383 e. The van der Waals surface area contributed by atoms with Crippen LogP contribution in [0.15, 0.2) is 30.3 Å². The van der Waals surface area contributed by atoms with E-state index in [1.165, 1.54) is 0 Å². The zero-order valence-electron chi connectivity index (χ0n) is 9.48. The third kappa shape index (κ3) is 2.99. The molecule has 1 aromatic carbocycles. The van der Waals surface area contributed by atoms with Crippen LogP contribution in [0.25, 0.3) is 0 Å². The average molecular weight is 218 g/mol. The van der Waals surface area contributed by atoms with Crippen molar-refractivity contribution in [3.8, 4) is 0 Å². The Kier molecular flexibility index (Phi) is 3.81. The Morgan fingerprint density at radius 1 is 1.19 bits per heavy atom. The molecule has 1 heterocycles. The maximum Gasteiger partial charge on any atom is 0.222 e. The minimum atomic E-state index is 0.307. The van der Waals surface area contributed by atoms with Crippen molar-refractivity contribution in [2.75, 3.05) is 25.0 Å². The van der Waals surface area contributed by atoms with E-state index in [1.54, 1.807) is 0 Å². The van der Waals surface area contributed by atoms with Crippen LogP contribution in [0.4, 0.5) is 5.69 Å². The number of carbonyl (C=O) groups excluding carboxylic acids is 1. The summed E-state index contributed by atoms with van der Waals surface area (Å²) in [5.74, 6) is 0.307. The minimum Gasteiger partial charge on any atom is -0.383 e. The molecule has 0 radical (unpaired) electrons. The first-order valence-electron chi connectivity index (χ1n) is 5.93. The number of amides is 1. The first-order valence-corrected chi connectivity index (χ1v) is 5.93. The highest BCUT2D eigenvalue weighted by molar-refractivity contribution is 5.76. The van der Waals surface area contributed by atoms with Crippen molar-refractivity contribution in [1.82, 2.24) is 4.90 Å². The Morgan fingerprint density at radius 2 is 2.00 bits per heavy atom. The van der Waals surface area contributed by atoms with Gasteiger partial charge in [-0.3, -0.25) is 4.79 Å². The summed E-state index contributed by atoms with van der Waals surface area (Å²) < 4.78 is 0. The number of nitrogens with one attached hydrogen (secondary N) is 1. The average Bonchev–Trinajstić information content (AvgIpc) is 2.33. The predicted octanol–water partition coefficient (Wildman–Crippen LogP) is 2.11. The zero-order chi connectivity index (χ0) is 11.2. The minimum absolute atomic E-state index is 0.307. The molecule has 1 amide bonds. The van der Waals surface area contributed by atoms with E-state index in [1.807, 2.05) is 35.2 Å². The molecule has 16 heavy (non-hydrogen) atoms. The molecule has 86 valence electrons. The maximum atomic E-state index is 11.5. The van der Waals surface area contributed by atoms with E-state index in [4.69, 9.17) is 0 Å². The van der Waals surface area contributed by atoms with Crippen molar-refractivity contribution in [2.45, 2.75) is 19.3 Å². The molecule has 1 saturated heterocycles. The predicted molar refractivity (Wildman–Crippen MR) is 65.4 cm³/mol. The molecule has 1 aliphatic heterocycles. The van der Waals surface area contributed by atoms with Crippen molar-refractivity contribution in [1.29, 1.82) is 0 Å². The van der Waals surface area contributed by atoms with Gasteiger partial charge in [-0.2, -0.15) is 0 Å². The van der Waals surface area contributed by atoms with Gasteiger partial charge >= 0.3 is 0 Å². The highest BCUT2D eigenvalue weighted by atomic mass is 16.2. The van der Waals surface area contributed by atoms with Crippen LogP contribution in [0.5, 0.6) is 0 Å². The Morgan fingerprint density at radius 3 is 2.75 bits per heavy atom. The maximum absolute atomic E-state index is 11.5. The number of likely N-dealkylation sites (tertiary alicyclic amines) is 1. The van der Waals surface area contributed by atoms with Gasteiger partial charge in [-0.05, 0) is 25.0 Å². The second kappa shape index (κ2) is 5.54. The van der Waals surface area contributed by atoms with Gasteiger partial charge in [0.05, 0.1) is 0 Å². The summed E-state index contributed by atoms with van der Waals surface area (Å²) in [6.45, 7) is 2.57. The van der Waals surface area contributed by atoms with Gasteiger partial charge in [-0.1, -0.05) is 18.2 Å². The molecule has 0 atom stereocenters. The van der Waals surface area contributed by atoms with Crippen LogP contribution < -0.4 is 5.32 Å². The summed E-state index contributed by atoms with van der Waals surface area (Å²) in [6, 6.07) is 10.1. The van der Waals surface area contributed by atoms with Crippen LogP contribution in [0, 0.1) is 0 Å². The van der Waals surface area contributed by atoms with E-state index in [2.05, 4.69) is 5.32 Å². The topological polar surface area (TPSA) is 32.3 Å². The zero-order valence-corrected chi connectivity index (χ0v) is 9.48. The second-order valence-corrected chi connectivity index (χ2v) is 4.13. The van der Waals surface area contributed by atoms with E-state index in [9.17, 15) is 4.79 Å². The lowest BCUT2D eigenvalue weighted by Crippen LogP contribution is -2.38. The molecular weight excluding hydrogens is 200 g/mol. The number of carbonyl (C=O) groups is 1. The Labute approximate surface area is 96.5 Å². The van der Waals surface area contributed by atoms with E-state index < -0.39 is 0 Å². The quantitative estimate of drug-likeness (QED) is 0.839. The third-order valence-electron chi connectivity index (χ3n) is 2.91. The van der Waals surface area contributed by atoms with E-state index >= 15 is 0 Å². The second-order valence-electron chi connectivity index (χ2n) is 4.13. The number of benzene rings is 1. The molecular formula is C13H18N2O. The van der Waals surface area contributed by atoms with Crippen LogP contribution in [0.3, 0.4) is 0 Å². The Balaban J connectivity index is 1.73. The molecule has 0 unspecified atom stereocenters. The van der Waals surface area contributed by atoms with Gasteiger partial charge in [0.15, 0.2) is 0 Å². The first kappa shape index (κ1) is 11.0. The highest BCUT2D eigenvalue weighted by Gasteiger charge is 2.16. The number of nitrogens with zero attached hydrogens (tertiary/aromatic N) is 1. The van der Waals surface area contributed by atoms with Gasteiger partial charge in [-0.15, -0.1) is 0 Å². The molecule has 0 saturated carbocycles. The van der Waals surface area contributed by atoms with Gasteiger partial charge in [0, 0.05) is 31.7 Å². The van der Waals surface area contributed by atoms with Crippen LogP contribution in [-0.4, -0.2) is 30.4 Å². The standard InChI is InChI=1S/C13H18N2O/c16-13-8-4-5-10-15(13)11-9-14-12-6-2-1-3-7-12/h1-3,6-7,14H,4-5,8-11H2. The highest BCUT2D eigenvalue weighted by Crippen LogP contribution is 2.10.